The summed E-state index contributed by atoms with van der Waals surface area (Å²) in [6.45, 7) is 6.86. The van der Waals surface area contributed by atoms with E-state index in [0.29, 0.717) is 15.9 Å². The Kier molecular flexibility index (Phi) is 5.46. The summed E-state index contributed by atoms with van der Waals surface area (Å²) in [4.78, 5) is 29.7. The number of ketones is 1. The van der Waals surface area contributed by atoms with Crippen LogP contribution in [0.1, 0.15) is 45.5 Å². The van der Waals surface area contributed by atoms with Crippen molar-refractivity contribution in [3.8, 4) is 0 Å². The van der Waals surface area contributed by atoms with E-state index in [2.05, 4.69) is 4.90 Å². The molecule has 0 saturated carbocycles. The van der Waals surface area contributed by atoms with Crippen molar-refractivity contribution in [1.29, 1.82) is 0 Å². The van der Waals surface area contributed by atoms with Gasteiger partial charge in [-0.05, 0) is 44.9 Å². The number of carbonyl (C=O) groups is 2. The van der Waals surface area contributed by atoms with Crippen LogP contribution in [0.2, 0.25) is 0 Å². The van der Waals surface area contributed by atoms with Crippen molar-refractivity contribution in [2.24, 2.45) is 0 Å². The average Bonchev–Trinajstić information content (AvgIpc) is 3.16. The number of hydrogen-bond acceptors (Lipinski definition) is 5. The smallest absolute Gasteiger partial charge is 0.263 e. The van der Waals surface area contributed by atoms with Gasteiger partial charge in [-0.25, -0.2) is 0 Å². The van der Waals surface area contributed by atoms with Crippen molar-refractivity contribution in [1.82, 2.24) is 9.80 Å². The van der Waals surface area contributed by atoms with Gasteiger partial charge >= 0.3 is 0 Å². The molecule has 0 spiro atoms. The molecule has 1 aromatic heterocycles. The molecule has 1 unspecified atom stereocenters. The van der Waals surface area contributed by atoms with Gasteiger partial charge in [0.25, 0.3) is 5.91 Å². The molecule has 0 aromatic carbocycles. The van der Waals surface area contributed by atoms with Gasteiger partial charge in [-0.3, -0.25) is 14.5 Å². The fourth-order valence-corrected chi connectivity index (χ4v) is 4.10. The van der Waals surface area contributed by atoms with Crippen LogP contribution < -0.4 is 0 Å². The summed E-state index contributed by atoms with van der Waals surface area (Å²) in [6, 6.07) is 3.53. The lowest BCUT2D eigenvalue weighted by molar-refractivity contribution is 0.0706. The van der Waals surface area contributed by atoms with Gasteiger partial charge < -0.3 is 9.64 Å². The number of thiophene rings is 1. The lowest BCUT2D eigenvalue weighted by atomic mass is 10.2. The SMILES string of the molecule is CC(=O)c1ccc(C(=O)N2CCCN(CC3CCCO3)CC2)s1. The molecular weight excluding hydrogens is 312 g/mol. The molecule has 3 heterocycles. The number of hydrogen-bond donors (Lipinski definition) is 0. The molecule has 0 radical (unpaired) electrons. The molecule has 23 heavy (non-hydrogen) atoms. The molecule has 6 heteroatoms. The lowest BCUT2D eigenvalue weighted by Gasteiger charge is -2.23. The Bertz CT molecular complexity index is 566. The van der Waals surface area contributed by atoms with E-state index in [1.165, 1.54) is 24.7 Å². The highest BCUT2D eigenvalue weighted by atomic mass is 32.1. The fourth-order valence-electron chi connectivity index (χ4n) is 3.23. The highest BCUT2D eigenvalue weighted by Crippen LogP contribution is 2.20. The monoisotopic (exact) mass is 336 g/mol. The van der Waals surface area contributed by atoms with Crippen molar-refractivity contribution in [2.75, 3.05) is 39.3 Å². The number of amides is 1. The Balaban J connectivity index is 1.56. The van der Waals surface area contributed by atoms with Crippen molar-refractivity contribution in [3.05, 3.63) is 21.9 Å². The molecule has 1 atom stereocenters. The Labute approximate surface area is 141 Å². The van der Waals surface area contributed by atoms with E-state index in [1.54, 1.807) is 12.1 Å². The molecule has 5 nitrogen and oxygen atoms in total. The normalized spacial score (nSPS) is 23.0. The zero-order chi connectivity index (χ0) is 16.2. The van der Waals surface area contributed by atoms with Gasteiger partial charge in [0, 0.05) is 32.8 Å². The molecule has 0 N–H and O–H groups in total. The first-order valence-corrected chi connectivity index (χ1v) is 9.19. The number of ether oxygens (including phenoxy) is 1. The number of Topliss-reactive ketones (excluding diaryl/α,β-unsaturated/α-hetero) is 1. The van der Waals surface area contributed by atoms with Gasteiger partial charge in [-0.15, -0.1) is 11.3 Å². The maximum atomic E-state index is 12.6. The summed E-state index contributed by atoms with van der Waals surface area (Å²) >= 11 is 1.30. The first-order valence-electron chi connectivity index (χ1n) is 8.37. The van der Waals surface area contributed by atoms with Gasteiger partial charge in [0.05, 0.1) is 15.9 Å². The predicted octanol–water partition coefficient (Wildman–Crippen LogP) is 2.28. The van der Waals surface area contributed by atoms with E-state index in [0.717, 1.165) is 52.2 Å². The lowest BCUT2D eigenvalue weighted by Crippen LogP contribution is -2.37. The zero-order valence-corrected chi connectivity index (χ0v) is 14.4. The van der Waals surface area contributed by atoms with E-state index < -0.39 is 0 Å². The van der Waals surface area contributed by atoms with Gasteiger partial charge in [0.2, 0.25) is 0 Å². The van der Waals surface area contributed by atoms with E-state index >= 15 is 0 Å². The third-order valence-electron chi connectivity index (χ3n) is 4.53. The van der Waals surface area contributed by atoms with Crippen molar-refractivity contribution in [2.45, 2.75) is 32.3 Å². The summed E-state index contributed by atoms with van der Waals surface area (Å²) in [6.07, 6.45) is 3.68. The van der Waals surface area contributed by atoms with Crippen LogP contribution >= 0.6 is 11.3 Å². The maximum Gasteiger partial charge on any atom is 0.263 e. The molecule has 1 aromatic rings. The standard InChI is InChI=1S/C17H24N2O3S/c1-13(20)15-5-6-16(23-15)17(21)19-8-3-7-18(9-10-19)12-14-4-2-11-22-14/h5-6,14H,2-4,7-12H2,1H3. The Hall–Kier alpha value is -1.24. The van der Waals surface area contributed by atoms with E-state index in [9.17, 15) is 9.59 Å². The van der Waals surface area contributed by atoms with Gasteiger partial charge in [0.15, 0.2) is 5.78 Å². The van der Waals surface area contributed by atoms with E-state index in [4.69, 9.17) is 4.74 Å². The second-order valence-electron chi connectivity index (χ2n) is 6.30. The second-order valence-corrected chi connectivity index (χ2v) is 7.39. The van der Waals surface area contributed by atoms with E-state index in [-0.39, 0.29) is 11.7 Å². The minimum absolute atomic E-state index is 0.0210. The van der Waals surface area contributed by atoms with Crippen LogP contribution in [0.4, 0.5) is 0 Å². The minimum atomic E-state index is 0.0210. The summed E-state index contributed by atoms with van der Waals surface area (Å²) in [5.74, 6) is 0.0779. The van der Waals surface area contributed by atoms with Crippen LogP contribution in [0.3, 0.4) is 0 Å². The van der Waals surface area contributed by atoms with Crippen LogP contribution in [0.25, 0.3) is 0 Å². The second kappa shape index (κ2) is 7.55. The first-order chi connectivity index (χ1) is 11.1. The van der Waals surface area contributed by atoms with Crippen LogP contribution in [0.15, 0.2) is 12.1 Å². The average molecular weight is 336 g/mol. The highest BCUT2D eigenvalue weighted by Gasteiger charge is 2.24. The largest absolute Gasteiger partial charge is 0.377 e. The van der Waals surface area contributed by atoms with Crippen LogP contribution in [-0.4, -0.2) is 66.9 Å². The molecular formula is C17H24N2O3S. The van der Waals surface area contributed by atoms with Crippen LogP contribution in [0, 0.1) is 0 Å². The molecule has 2 saturated heterocycles. The van der Waals surface area contributed by atoms with Crippen LogP contribution in [-0.2, 0) is 4.74 Å². The Morgan fingerprint density at radius 2 is 2.00 bits per heavy atom. The molecule has 126 valence electrons. The first kappa shape index (κ1) is 16.6. The van der Waals surface area contributed by atoms with Gasteiger partial charge in [-0.2, -0.15) is 0 Å². The Morgan fingerprint density at radius 1 is 1.17 bits per heavy atom. The zero-order valence-electron chi connectivity index (χ0n) is 13.6. The molecule has 0 bridgehead atoms. The summed E-state index contributed by atoms with van der Waals surface area (Å²) in [5, 5.41) is 0. The molecule has 2 fully saturated rings. The Morgan fingerprint density at radius 3 is 2.70 bits per heavy atom. The molecule has 1 amide bonds. The molecule has 0 aliphatic carbocycles. The van der Waals surface area contributed by atoms with Crippen molar-refractivity contribution < 1.29 is 14.3 Å². The van der Waals surface area contributed by atoms with Gasteiger partial charge in [0.1, 0.15) is 0 Å². The maximum absolute atomic E-state index is 12.6. The minimum Gasteiger partial charge on any atom is -0.377 e. The topological polar surface area (TPSA) is 49.9 Å². The quantitative estimate of drug-likeness (QED) is 0.792. The van der Waals surface area contributed by atoms with E-state index in [1.807, 2.05) is 4.90 Å². The summed E-state index contributed by atoms with van der Waals surface area (Å²) in [5.41, 5.74) is 0. The van der Waals surface area contributed by atoms with Crippen molar-refractivity contribution >= 4 is 23.0 Å². The predicted molar refractivity (Wildman–Crippen MR) is 90.3 cm³/mol. The van der Waals surface area contributed by atoms with Crippen molar-refractivity contribution in [3.63, 3.8) is 0 Å². The van der Waals surface area contributed by atoms with Gasteiger partial charge in [-0.1, -0.05) is 0 Å². The van der Waals surface area contributed by atoms with Crippen LogP contribution in [0.5, 0.6) is 0 Å². The molecule has 2 aliphatic heterocycles. The fraction of sp³-hybridized carbons (Fsp3) is 0.647. The highest BCUT2D eigenvalue weighted by molar-refractivity contribution is 7.15. The summed E-state index contributed by atoms with van der Waals surface area (Å²) < 4.78 is 5.71. The number of nitrogens with zero attached hydrogens (tertiary/aromatic N) is 2. The summed E-state index contributed by atoms with van der Waals surface area (Å²) in [7, 11) is 0. The number of carbonyl (C=O) groups excluding carboxylic acids is 2. The molecule has 3 rings (SSSR count). The number of rotatable bonds is 4. The third-order valence-corrected chi connectivity index (χ3v) is 5.70. The molecule has 2 aliphatic rings. The third kappa shape index (κ3) is 4.19.